The number of rotatable bonds is 5. The average Bonchev–Trinajstić information content (AvgIpc) is 2.61. The summed E-state index contributed by atoms with van der Waals surface area (Å²) in [5.74, 6) is -0.544. The third-order valence-corrected chi connectivity index (χ3v) is 5.23. The first-order valence-corrected chi connectivity index (χ1v) is 9.74. The molecule has 1 atom stereocenters. The van der Waals surface area contributed by atoms with Crippen molar-refractivity contribution in [1.29, 1.82) is 0 Å². The van der Waals surface area contributed by atoms with E-state index in [9.17, 15) is 18.0 Å². The number of benzene rings is 2. The molecule has 1 aliphatic rings. The predicted molar refractivity (Wildman–Crippen MR) is 99.1 cm³/mol. The molecular weight excluding hydrogens is 394 g/mol. The van der Waals surface area contributed by atoms with Gasteiger partial charge in [-0.2, -0.15) is 0 Å². The number of nitrogens with two attached hydrogens (primary N) is 2. The molecule has 0 bridgehead atoms. The minimum Gasteiger partial charge on any atom is -0.423 e. The topological polar surface area (TPSA) is 133 Å². The average molecular weight is 410 g/mol. The Morgan fingerprint density at radius 3 is 2.52 bits per heavy atom. The highest BCUT2D eigenvalue weighted by atomic mass is 35.5. The van der Waals surface area contributed by atoms with E-state index in [1.807, 2.05) is 0 Å². The summed E-state index contributed by atoms with van der Waals surface area (Å²) >= 11 is 5.99. The maximum atomic E-state index is 12.6. The fourth-order valence-electron chi connectivity index (χ4n) is 2.70. The van der Waals surface area contributed by atoms with E-state index in [1.54, 1.807) is 18.2 Å². The molecule has 0 radical (unpaired) electrons. The fraction of sp³-hybridized carbons (Fsp3) is 0.176. The molecule has 0 spiro atoms. The lowest BCUT2D eigenvalue weighted by Gasteiger charge is -2.30. The molecule has 0 aromatic heterocycles. The van der Waals surface area contributed by atoms with Gasteiger partial charge in [0.25, 0.3) is 0 Å². The molecule has 2 aromatic carbocycles. The molecule has 1 unspecified atom stereocenters. The number of ketones is 1. The van der Waals surface area contributed by atoms with Crippen molar-refractivity contribution < 1.29 is 22.7 Å². The van der Waals surface area contributed by atoms with Crippen LogP contribution in [0.5, 0.6) is 5.75 Å². The molecule has 0 fully saturated rings. The molecule has 0 saturated carbocycles. The van der Waals surface area contributed by atoms with Crippen LogP contribution in [0.15, 0.2) is 47.4 Å². The Bertz CT molecular complexity index is 1010. The maximum Gasteiger partial charge on any atom is 0.331 e. The summed E-state index contributed by atoms with van der Waals surface area (Å²) in [6.07, 6.45) is 0. The Balaban J connectivity index is 1.79. The minimum absolute atomic E-state index is 0.0757. The molecule has 4 N–H and O–H groups in total. The zero-order valence-corrected chi connectivity index (χ0v) is 15.5. The summed E-state index contributed by atoms with van der Waals surface area (Å²) in [6.45, 7) is -0.253. The highest BCUT2D eigenvalue weighted by Crippen LogP contribution is 2.34. The molecule has 0 aliphatic carbocycles. The number of halogens is 1. The number of hydrogen-bond acceptors (Lipinski definition) is 7. The van der Waals surface area contributed by atoms with Crippen LogP contribution in [-0.2, 0) is 19.6 Å². The van der Waals surface area contributed by atoms with E-state index in [-0.39, 0.29) is 23.8 Å². The van der Waals surface area contributed by atoms with Crippen molar-refractivity contribution in [3.63, 3.8) is 0 Å². The van der Waals surface area contributed by atoms with E-state index in [2.05, 4.69) is 0 Å². The van der Waals surface area contributed by atoms with Crippen LogP contribution in [0.1, 0.15) is 11.6 Å². The molecular formula is C17H16ClN3O5S. The Hall–Kier alpha value is -2.46. The van der Waals surface area contributed by atoms with Gasteiger partial charge in [-0.15, -0.1) is 0 Å². The lowest BCUT2D eigenvalue weighted by Crippen LogP contribution is -2.42. The molecule has 0 saturated heterocycles. The molecule has 142 valence electrons. The lowest BCUT2D eigenvalue weighted by atomic mass is 10.0. The number of sulfonamides is 1. The second kappa shape index (κ2) is 7.28. The third-order valence-electron chi connectivity index (χ3n) is 4.07. The van der Waals surface area contributed by atoms with E-state index in [0.717, 1.165) is 0 Å². The summed E-state index contributed by atoms with van der Waals surface area (Å²) in [5.41, 5.74) is 6.95. The van der Waals surface area contributed by atoms with Crippen molar-refractivity contribution in [3.8, 4) is 5.75 Å². The summed E-state index contributed by atoms with van der Waals surface area (Å²) in [6, 6.07) is 9.16. The first-order valence-electron chi connectivity index (χ1n) is 7.81. The second-order valence-corrected chi connectivity index (χ2v) is 8.00. The first kappa shape index (κ1) is 19.3. The van der Waals surface area contributed by atoms with Gasteiger partial charge in [0.15, 0.2) is 11.5 Å². The van der Waals surface area contributed by atoms with Crippen molar-refractivity contribution in [2.75, 3.05) is 18.0 Å². The van der Waals surface area contributed by atoms with E-state index in [1.165, 1.54) is 29.2 Å². The second-order valence-electron chi connectivity index (χ2n) is 6.00. The van der Waals surface area contributed by atoms with E-state index >= 15 is 0 Å². The van der Waals surface area contributed by atoms with Crippen molar-refractivity contribution >= 4 is 39.1 Å². The van der Waals surface area contributed by atoms with Gasteiger partial charge in [0.2, 0.25) is 10.0 Å². The Morgan fingerprint density at radius 1 is 1.22 bits per heavy atom. The highest BCUT2D eigenvalue weighted by Gasteiger charge is 2.28. The number of Topliss-reactive ketones (excluding diaryl/α,β-unsaturated/α-hetero) is 1. The third kappa shape index (κ3) is 4.28. The van der Waals surface area contributed by atoms with E-state index in [0.29, 0.717) is 22.0 Å². The van der Waals surface area contributed by atoms with Gasteiger partial charge in [-0.25, -0.2) is 18.4 Å². The van der Waals surface area contributed by atoms with Crippen LogP contribution >= 0.6 is 11.6 Å². The van der Waals surface area contributed by atoms with Gasteiger partial charge in [-0.05, 0) is 35.9 Å². The summed E-state index contributed by atoms with van der Waals surface area (Å²) in [7, 11) is -3.83. The summed E-state index contributed by atoms with van der Waals surface area (Å²) in [5, 5.41) is 5.49. The molecule has 2 aromatic rings. The van der Waals surface area contributed by atoms with Crippen molar-refractivity contribution in [1.82, 2.24) is 0 Å². The maximum absolute atomic E-state index is 12.6. The number of fused-ring (bicyclic) bond motifs is 1. The molecule has 1 heterocycles. The number of primary sulfonamides is 1. The zero-order chi connectivity index (χ0) is 19.8. The van der Waals surface area contributed by atoms with Crippen molar-refractivity contribution in [3.05, 3.63) is 53.1 Å². The van der Waals surface area contributed by atoms with Gasteiger partial charge in [0.1, 0.15) is 6.54 Å². The van der Waals surface area contributed by atoms with Crippen LogP contribution in [0.2, 0.25) is 5.02 Å². The monoisotopic (exact) mass is 409 g/mol. The highest BCUT2D eigenvalue weighted by molar-refractivity contribution is 7.89. The number of carbonyl (C=O) groups excluding carboxylic acids is 2. The van der Waals surface area contributed by atoms with Crippen molar-refractivity contribution in [2.24, 2.45) is 10.9 Å². The van der Waals surface area contributed by atoms with Crippen LogP contribution in [0.25, 0.3) is 0 Å². The van der Waals surface area contributed by atoms with Crippen LogP contribution in [0, 0.1) is 0 Å². The number of hydrogen-bond donors (Lipinski definition) is 2. The number of carbonyl (C=O) groups is 2. The SMILES string of the molecule is NC(C(=O)CN1CC(=O)Oc2ccc(Cl)cc21)c1ccc(S(N)(=O)=O)cc1. The molecule has 27 heavy (non-hydrogen) atoms. The van der Waals surface area contributed by atoms with Crippen LogP contribution < -0.4 is 20.5 Å². The van der Waals surface area contributed by atoms with Gasteiger partial charge in [0, 0.05) is 5.02 Å². The normalized spacial score (nSPS) is 15.1. The summed E-state index contributed by atoms with van der Waals surface area (Å²) in [4.78, 5) is 25.8. The molecule has 1 aliphatic heterocycles. The molecule has 8 nitrogen and oxygen atoms in total. The number of nitrogens with zero attached hydrogens (tertiary/aromatic N) is 1. The summed E-state index contributed by atoms with van der Waals surface area (Å²) < 4.78 is 27.7. The van der Waals surface area contributed by atoms with Gasteiger partial charge in [0.05, 0.1) is 23.2 Å². The first-order chi connectivity index (χ1) is 12.6. The quantitative estimate of drug-likeness (QED) is 0.555. The predicted octanol–water partition coefficient (Wildman–Crippen LogP) is 0.982. The standard InChI is InChI=1S/C17H16ClN3O5S/c18-11-3-6-15-13(7-11)21(9-16(23)26-15)8-14(22)17(19)10-1-4-12(5-2-10)27(20,24)25/h1-7,17H,8-9,19H2,(H2,20,24,25). The largest absolute Gasteiger partial charge is 0.423 e. The number of ether oxygens (including phenoxy) is 1. The van der Waals surface area contributed by atoms with Crippen molar-refractivity contribution in [2.45, 2.75) is 10.9 Å². The lowest BCUT2D eigenvalue weighted by molar-refractivity contribution is -0.133. The Morgan fingerprint density at radius 2 is 1.89 bits per heavy atom. The smallest absolute Gasteiger partial charge is 0.331 e. The zero-order valence-electron chi connectivity index (χ0n) is 14.0. The van der Waals surface area contributed by atoms with E-state index < -0.39 is 22.0 Å². The van der Waals surface area contributed by atoms with E-state index in [4.69, 9.17) is 27.2 Å². The van der Waals surface area contributed by atoms with Gasteiger partial charge in [-0.3, -0.25) is 4.79 Å². The van der Waals surface area contributed by atoms with Crippen LogP contribution in [0.3, 0.4) is 0 Å². The molecule has 3 rings (SSSR count). The molecule has 0 amide bonds. The van der Waals surface area contributed by atoms with Gasteiger partial charge in [-0.1, -0.05) is 23.7 Å². The van der Waals surface area contributed by atoms with Gasteiger partial charge >= 0.3 is 5.97 Å². The number of esters is 1. The van der Waals surface area contributed by atoms with Crippen LogP contribution in [0.4, 0.5) is 5.69 Å². The molecule has 10 heteroatoms. The van der Waals surface area contributed by atoms with Gasteiger partial charge < -0.3 is 15.4 Å². The Kier molecular flexibility index (Phi) is 5.20. The van der Waals surface area contributed by atoms with Crippen LogP contribution in [-0.4, -0.2) is 33.3 Å². The fourth-order valence-corrected chi connectivity index (χ4v) is 3.38. The Labute approximate surface area is 160 Å². The number of anilines is 1. The minimum atomic E-state index is -3.83.